The molecule has 1 aromatic heterocycles. The monoisotopic (exact) mass is 422 g/mol. The number of benzene rings is 1. The second kappa shape index (κ2) is 9.06. The number of pyridine rings is 1. The van der Waals surface area contributed by atoms with Crippen LogP contribution in [0.5, 0.6) is 0 Å². The molecule has 2 aromatic rings. The zero-order valence-electron chi connectivity index (χ0n) is 18.1. The van der Waals surface area contributed by atoms with Crippen LogP contribution in [0.15, 0.2) is 42.7 Å². The number of hydrogen-bond acceptors (Lipinski definition) is 4. The minimum absolute atomic E-state index is 0.152. The highest BCUT2D eigenvalue weighted by atomic mass is 16.4. The highest BCUT2D eigenvalue weighted by Gasteiger charge is 2.42. The van der Waals surface area contributed by atoms with Gasteiger partial charge in [-0.3, -0.25) is 9.78 Å². The average Bonchev–Trinajstić information content (AvgIpc) is 3.30. The van der Waals surface area contributed by atoms with Crippen molar-refractivity contribution in [2.24, 2.45) is 11.8 Å². The van der Waals surface area contributed by atoms with Gasteiger partial charge in [-0.1, -0.05) is 24.3 Å². The van der Waals surface area contributed by atoms with E-state index in [1.807, 2.05) is 49.1 Å². The number of carbonyl (C=O) groups is 2. The molecule has 164 valence electrons. The van der Waals surface area contributed by atoms with Crippen LogP contribution in [0.1, 0.15) is 39.5 Å². The lowest BCUT2D eigenvalue weighted by atomic mass is 10.0. The van der Waals surface area contributed by atoms with Gasteiger partial charge in [-0.05, 0) is 54.9 Å². The molecular weight excluding hydrogens is 392 g/mol. The zero-order valence-corrected chi connectivity index (χ0v) is 18.1. The molecule has 2 aliphatic heterocycles. The molecule has 3 atom stereocenters. The predicted octanol–water partition coefficient (Wildman–Crippen LogP) is 3.10. The van der Waals surface area contributed by atoms with Gasteiger partial charge in [0.15, 0.2) is 0 Å². The molecule has 0 saturated carbocycles. The number of rotatable bonds is 6. The van der Waals surface area contributed by atoms with Crippen LogP contribution in [0, 0.1) is 25.7 Å². The van der Waals surface area contributed by atoms with Gasteiger partial charge in [-0.15, -0.1) is 0 Å². The summed E-state index contributed by atoms with van der Waals surface area (Å²) < 4.78 is 0. The quantitative estimate of drug-likeness (QED) is 0.747. The van der Waals surface area contributed by atoms with Crippen LogP contribution in [-0.2, 0) is 0 Å². The van der Waals surface area contributed by atoms with Crippen LogP contribution in [0.25, 0.3) is 0 Å². The molecule has 0 bridgehead atoms. The molecule has 3 heterocycles. The second-order valence-corrected chi connectivity index (χ2v) is 8.83. The van der Waals surface area contributed by atoms with Gasteiger partial charge in [0.2, 0.25) is 0 Å². The van der Waals surface area contributed by atoms with Crippen molar-refractivity contribution in [3.05, 3.63) is 65.0 Å². The van der Waals surface area contributed by atoms with Crippen LogP contribution in [0.4, 0.5) is 4.79 Å². The maximum atomic E-state index is 13.1. The fourth-order valence-electron chi connectivity index (χ4n) is 5.11. The molecule has 2 fully saturated rings. The Bertz CT molecular complexity index is 915. The Morgan fingerprint density at radius 1 is 1.10 bits per heavy atom. The summed E-state index contributed by atoms with van der Waals surface area (Å²) in [7, 11) is 0. The van der Waals surface area contributed by atoms with Crippen molar-refractivity contribution in [3.8, 4) is 0 Å². The summed E-state index contributed by atoms with van der Waals surface area (Å²) in [6, 6.07) is 9.47. The second-order valence-electron chi connectivity index (χ2n) is 8.83. The largest absolute Gasteiger partial charge is 0.465 e. The third-order valence-electron chi connectivity index (χ3n) is 6.66. The van der Waals surface area contributed by atoms with Crippen molar-refractivity contribution in [1.29, 1.82) is 0 Å². The van der Waals surface area contributed by atoms with Gasteiger partial charge in [-0.2, -0.15) is 0 Å². The van der Waals surface area contributed by atoms with Gasteiger partial charge in [0, 0.05) is 50.7 Å². The van der Waals surface area contributed by atoms with Gasteiger partial charge in [-0.25, -0.2) is 4.79 Å². The molecule has 0 spiro atoms. The number of aryl methyl sites for hydroxylation is 2. The highest BCUT2D eigenvalue weighted by Crippen LogP contribution is 2.33. The summed E-state index contributed by atoms with van der Waals surface area (Å²) in [6.07, 6.45) is 3.08. The third kappa shape index (κ3) is 4.71. The fraction of sp³-hybridized carbons (Fsp3) is 0.458. The Labute approximate surface area is 183 Å². The molecule has 7 heteroatoms. The number of amides is 2. The molecule has 2 N–H and O–H groups in total. The minimum atomic E-state index is -1.02. The molecule has 2 aliphatic rings. The van der Waals surface area contributed by atoms with Crippen molar-refractivity contribution >= 4 is 12.0 Å². The van der Waals surface area contributed by atoms with Crippen molar-refractivity contribution in [2.45, 2.75) is 26.3 Å². The summed E-state index contributed by atoms with van der Waals surface area (Å²) in [4.78, 5) is 32.9. The molecule has 1 aromatic carbocycles. The molecule has 2 saturated heterocycles. The first-order chi connectivity index (χ1) is 14.9. The Hall–Kier alpha value is -2.93. The van der Waals surface area contributed by atoms with E-state index in [9.17, 15) is 14.7 Å². The molecule has 2 unspecified atom stereocenters. The Kier molecular flexibility index (Phi) is 6.23. The highest BCUT2D eigenvalue weighted by molar-refractivity contribution is 5.97. The minimum Gasteiger partial charge on any atom is -0.465 e. The Morgan fingerprint density at radius 2 is 1.77 bits per heavy atom. The van der Waals surface area contributed by atoms with E-state index in [2.05, 4.69) is 15.2 Å². The first kappa shape index (κ1) is 21.3. The van der Waals surface area contributed by atoms with Crippen LogP contribution in [-0.4, -0.2) is 64.6 Å². The molecule has 31 heavy (non-hydrogen) atoms. The van der Waals surface area contributed by atoms with Crippen LogP contribution in [0.3, 0.4) is 0 Å². The van der Waals surface area contributed by atoms with E-state index in [1.165, 1.54) is 0 Å². The molecule has 4 rings (SSSR count). The summed E-state index contributed by atoms with van der Waals surface area (Å²) in [5.41, 5.74) is 3.81. The third-order valence-corrected chi connectivity index (χ3v) is 6.66. The SMILES string of the molecule is Cc1cccc(C)c1C(=O)N1CC2CN(CC[C@H](NC(=O)O)c3cccnc3)CC2C1. The topological polar surface area (TPSA) is 85.8 Å². The number of likely N-dealkylation sites (tertiary alicyclic amines) is 2. The Balaban J connectivity index is 1.33. The van der Waals surface area contributed by atoms with Gasteiger partial charge in [0.05, 0.1) is 6.04 Å². The molecule has 7 nitrogen and oxygen atoms in total. The Morgan fingerprint density at radius 3 is 2.35 bits per heavy atom. The fourth-order valence-corrected chi connectivity index (χ4v) is 5.11. The number of hydrogen-bond donors (Lipinski definition) is 2. The number of nitrogens with zero attached hydrogens (tertiary/aromatic N) is 3. The van der Waals surface area contributed by atoms with Gasteiger partial charge in [0.1, 0.15) is 0 Å². The van der Waals surface area contributed by atoms with Crippen molar-refractivity contribution in [2.75, 3.05) is 32.7 Å². The van der Waals surface area contributed by atoms with Crippen molar-refractivity contribution < 1.29 is 14.7 Å². The van der Waals surface area contributed by atoms with E-state index >= 15 is 0 Å². The summed E-state index contributed by atoms with van der Waals surface area (Å²) in [5.74, 6) is 1.12. The van der Waals surface area contributed by atoms with E-state index < -0.39 is 6.09 Å². The molecule has 2 amide bonds. The normalized spacial score (nSPS) is 21.7. The van der Waals surface area contributed by atoms with Crippen molar-refractivity contribution in [3.63, 3.8) is 0 Å². The summed E-state index contributed by atoms with van der Waals surface area (Å²) >= 11 is 0. The number of aromatic nitrogens is 1. The van der Waals surface area contributed by atoms with E-state index in [1.54, 1.807) is 12.4 Å². The lowest BCUT2D eigenvalue weighted by Gasteiger charge is -2.24. The van der Waals surface area contributed by atoms with E-state index in [-0.39, 0.29) is 11.9 Å². The summed E-state index contributed by atoms with van der Waals surface area (Å²) in [5, 5.41) is 11.8. The van der Waals surface area contributed by atoms with Gasteiger partial charge in [0.25, 0.3) is 5.91 Å². The maximum absolute atomic E-state index is 13.1. The lowest BCUT2D eigenvalue weighted by molar-refractivity contribution is 0.0772. The standard InChI is InChI=1S/C24H30N4O3/c1-16-5-3-6-17(2)22(16)23(29)28-14-19-12-27(13-20(19)15-28)10-8-21(26-24(30)31)18-7-4-9-25-11-18/h3-7,9,11,19-21,26H,8,10,12-15H2,1-2H3,(H,30,31)/t19?,20?,21-/m0/s1. The van der Waals surface area contributed by atoms with E-state index in [0.717, 1.165) is 55.0 Å². The molecule has 0 radical (unpaired) electrons. The average molecular weight is 423 g/mol. The van der Waals surface area contributed by atoms with E-state index in [4.69, 9.17) is 0 Å². The smallest absolute Gasteiger partial charge is 0.405 e. The maximum Gasteiger partial charge on any atom is 0.405 e. The van der Waals surface area contributed by atoms with Crippen molar-refractivity contribution in [1.82, 2.24) is 20.1 Å². The number of nitrogens with one attached hydrogen (secondary N) is 1. The molecule has 0 aliphatic carbocycles. The summed E-state index contributed by atoms with van der Waals surface area (Å²) in [6.45, 7) is 8.32. The van der Waals surface area contributed by atoms with Crippen LogP contribution < -0.4 is 5.32 Å². The first-order valence-electron chi connectivity index (χ1n) is 10.9. The van der Waals surface area contributed by atoms with E-state index in [0.29, 0.717) is 18.3 Å². The van der Waals surface area contributed by atoms with Crippen LogP contribution in [0.2, 0.25) is 0 Å². The van der Waals surface area contributed by atoms with Gasteiger partial charge < -0.3 is 20.2 Å². The number of fused-ring (bicyclic) bond motifs is 1. The predicted molar refractivity (Wildman–Crippen MR) is 118 cm³/mol. The zero-order chi connectivity index (χ0) is 22.0. The first-order valence-corrected chi connectivity index (χ1v) is 10.9. The lowest BCUT2D eigenvalue weighted by Crippen LogP contribution is -2.35. The molecular formula is C24H30N4O3. The number of carbonyl (C=O) groups excluding carboxylic acids is 1. The van der Waals surface area contributed by atoms with Crippen LogP contribution >= 0.6 is 0 Å². The van der Waals surface area contributed by atoms with Gasteiger partial charge >= 0.3 is 6.09 Å². The number of carboxylic acid groups (broad SMARTS) is 1.